The van der Waals surface area contributed by atoms with Crippen LogP contribution in [-0.2, 0) is 9.53 Å². The second-order valence-electron chi connectivity index (χ2n) is 4.81. The third-order valence-corrected chi connectivity index (χ3v) is 4.57. The molecule has 0 saturated carbocycles. The average Bonchev–Trinajstić information content (AvgIpc) is 2.54. The molecule has 0 aromatic heterocycles. The van der Waals surface area contributed by atoms with Crippen LogP contribution in [0.2, 0.25) is 0 Å². The van der Waals surface area contributed by atoms with E-state index in [1.807, 2.05) is 7.05 Å². The first-order valence-electron chi connectivity index (χ1n) is 7.05. The van der Waals surface area contributed by atoms with Gasteiger partial charge in [-0.05, 0) is 23.4 Å². The molecule has 0 spiro atoms. The van der Waals surface area contributed by atoms with E-state index in [1.54, 1.807) is 11.8 Å². The fourth-order valence-electron chi connectivity index (χ4n) is 2.34. The van der Waals surface area contributed by atoms with E-state index >= 15 is 0 Å². The Balaban J connectivity index is 2.04. The number of nitrogens with one attached hydrogen (secondary N) is 1. The van der Waals surface area contributed by atoms with Gasteiger partial charge in [-0.2, -0.15) is 11.8 Å². The zero-order valence-electron chi connectivity index (χ0n) is 12.5. The third kappa shape index (κ3) is 4.22. The molecule has 0 fully saturated rings. The van der Waals surface area contributed by atoms with Crippen molar-refractivity contribution in [2.75, 3.05) is 25.7 Å². The molecule has 1 unspecified atom stereocenters. The number of hydrogen-bond acceptors (Lipinski definition) is 4. The SMILES string of the molecule is CNC(CSCCC(=O)OC)c1cccc2ccccc12. The quantitative estimate of drug-likeness (QED) is 0.628. The van der Waals surface area contributed by atoms with Crippen LogP contribution in [0.5, 0.6) is 0 Å². The van der Waals surface area contributed by atoms with E-state index in [0.29, 0.717) is 6.42 Å². The van der Waals surface area contributed by atoms with E-state index in [0.717, 1.165) is 11.5 Å². The fourth-order valence-corrected chi connectivity index (χ4v) is 3.40. The Kier molecular flexibility index (Phi) is 6.08. The monoisotopic (exact) mass is 303 g/mol. The molecule has 112 valence electrons. The van der Waals surface area contributed by atoms with Gasteiger partial charge in [0.25, 0.3) is 0 Å². The Labute approximate surface area is 130 Å². The summed E-state index contributed by atoms with van der Waals surface area (Å²) in [7, 11) is 3.41. The lowest BCUT2D eigenvalue weighted by Gasteiger charge is -2.18. The molecule has 0 aliphatic rings. The summed E-state index contributed by atoms with van der Waals surface area (Å²) < 4.78 is 4.66. The van der Waals surface area contributed by atoms with Crippen LogP contribution in [0.1, 0.15) is 18.0 Å². The zero-order chi connectivity index (χ0) is 15.1. The molecular weight excluding hydrogens is 282 g/mol. The Morgan fingerprint density at radius 1 is 1.24 bits per heavy atom. The van der Waals surface area contributed by atoms with Gasteiger partial charge in [-0.1, -0.05) is 42.5 Å². The first kappa shape index (κ1) is 15.9. The number of rotatable bonds is 7. The molecular formula is C17H21NO2S. The molecule has 4 heteroatoms. The molecule has 0 bridgehead atoms. The minimum Gasteiger partial charge on any atom is -0.469 e. The van der Waals surface area contributed by atoms with Gasteiger partial charge in [-0.15, -0.1) is 0 Å². The summed E-state index contributed by atoms with van der Waals surface area (Å²) in [5, 5.41) is 5.92. The molecule has 0 aliphatic carbocycles. The highest BCUT2D eigenvalue weighted by molar-refractivity contribution is 7.99. The lowest BCUT2D eigenvalue weighted by molar-refractivity contribution is -0.140. The number of benzene rings is 2. The molecule has 3 nitrogen and oxygen atoms in total. The van der Waals surface area contributed by atoms with Crippen LogP contribution in [0.25, 0.3) is 10.8 Å². The maximum atomic E-state index is 11.1. The van der Waals surface area contributed by atoms with Gasteiger partial charge in [-0.3, -0.25) is 4.79 Å². The largest absolute Gasteiger partial charge is 0.469 e. The summed E-state index contributed by atoms with van der Waals surface area (Å²) in [5.41, 5.74) is 1.31. The highest BCUT2D eigenvalue weighted by Crippen LogP contribution is 2.26. The minimum absolute atomic E-state index is 0.145. The second kappa shape index (κ2) is 8.05. The third-order valence-electron chi connectivity index (χ3n) is 3.51. The first-order chi connectivity index (χ1) is 10.3. The maximum Gasteiger partial charge on any atom is 0.306 e. The lowest BCUT2D eigenvalue weighted by atomic mass is 10.00. The van der Waals surface area contributed by atoms with E-state index in [-0.39, 0.29) is 12.0 Å². The number of ether oxygens (including phenoxy) is 1. The number of hydrogen-bond donors (Lipinski definition) is 1. The van der Waals surface area contributed by atoms with Gasteiger partial charge >= 0.3 is 5.97 Å². The van der Waals surface area contributed by atoms with Gasteiger partial charge < -0.3 is 10.1 Å². The zero-order valence-corrected chi connectivity index (χ0v) is 13.3. The summed E-state index contributed by atoms with van der Waals surface area (Å²) in [6.45, 7) is 0. The van der Waals surface area contributed by atoms with Gasteiger partial charge in [0.2, 0.25) is 0 Å². The van der Waals surface area contributed by atoms with E-state index < -0.39 is 0 Å². The van der Waals surface area contributed by atoms with Crippen molar-refractivity contribution in [1.29, 1.82) is 0 Å². The topological polar surface area (TPSA) is 38.3 Å². The van der Waals surface area contributed by atoms with Gasteiger partial charge in [0.15, 0.2) is 0 Å². The number of esters is 1. The number of thioether (sulfide) groups is 1. The van der Waals surface area contributed by atoms with Crippen molar-refractivity contribution < 1.29 is 9.53 Å². The van der Waals surface area contributed by atoms with Crippen molar-refractivity contribution in [3.63, 3.8) is 0 Å². The van der Waals surface area contributed by atoms with Crippen molar-refractivity contribution in [3.05, 3.63) is 48.0 Å². The Morgan fingerprint density at radius 2 is 2.00 bits per heavy atom. The molecule has 1 N–H and O–H groups in total. The summed E-state index contributed by atoms with van der Waals surface area (Å²) >= 11 is 1.77. The Bertz CT molecular complexity index is 595. The summed E-state index contributed by atoms with van der Waals surface area (Å²) in [5.74, 6) is 1.57. The van der Waals surface area contributed by atoms with Crippen molar-refractivity contribution in [1.82, 2.24) is 5.32 Å². The molecule has 2 rings (SSSR count). The van der Waals surface area contributed by atoms with E-state index in [4.69, 9.17) is 0 Å². The number of methoxy groups -OCH3 is 1. The van der Waals surface area contributed by atoms with Crippen LogP contribution < -0.4 is 5.32 Å². The van der Waals surface area contributed by atoms with E-state index in [1.165, 1.54) is 23.4 Å². The van der Waals surface area contributed by atoms with E-state index in [2.05, 4.69) is 52.5 Å². The number of carbonyl (C=O) groups excluding carboxylic acids is 1. The maximum absolute atomic E-state index is 11.1. The van der Waals surface area contributed by atoms with Crippen LogP contribution in [-0.4, -0.2) is 31.6 Å². The Hall–Kier alpha value is -1.52. The predicted octanol–water partition coefficient (Wildman–Crippen LogP) is 3.40. The van der Waals surface area contributed by atoms with Crippen molar-refractivity contribution in [3.8, 4) is 0 Å². The summed E-state index contributed by atoms with van der Waals surface area (Å²) in [4.78, 5) is 11.1. The van der Waals surface area contributed by atoms with Crippen molar-refractivity contribution >= 4 is 28.5 Å². The van der Waals surface area contributed by atoms with Crippen molar-refractivity contribution in [2.45, 2.75) is 12.5 Å². The van der Waals surface area contributed by atoms with Crippen LogP contribution in [0.3, 0.4) is 0 Å². The fraction of sp³-hybridized carbons (Fsp3) is 0.353. The van der Waals surface area contributed by atoms with Crippen LogP contribution in [0.4, 0.5) is 0 Å². The van der Waals surface area contributed by atoms with Gasteiger partial charge in [0.05, 0.1) is 13.5 Å². The average molecular weight is 303 g/mol. The Morgan fingerprint density at radius 3 is 2.76 bits per heavy atom. The number of carbonyl (C=O) groups is 1. The highest BCUT2D eigenvalue weighted by Gasteiger charge is 2.12. The molecule has 0 radical (unpaired) electrons. The van der Waals surface area contributed by atoms with Crippen LogP contribution in [0, 0.1) is 0 Å². The van der Waals surface area contributed by atoms with Crippen LogP contribution in [0.15, 0.2) is 42.5 Å². The van der Waals surface area contributed by atoms with Gasteiger partial charge in [0, 0.05) is 17.5 Å². The van der Waals surface area contributed by atoms with Crippen molar-refractivity contribution in [2.24, 2.45) is 0 Å². The standard InChI is InChI=1S/C17H21NO2S/c1-18-16(12-21-11-10-17(19)20-2)15-9-5-7-13-6-3-4-8-14(13)15/h3-9,16,18H,10-12H2,1-2H3. The minimum atomic E-state index is -0.145. The summed E-state index contributed by atoms with van der Waals surface area (Å²) in [6.07, 6.45) is 0.465. The first-order valence-corrected chi connectivity index (χ1v) is 8.21. The molecule has 0 aliphatic heterocycles. The molecule has 1 atom stereocenters. The number of fused-ring (bicyclic) bond motifs is 1. The molecule has 0 saturated heterocycles. The molecule has 0 heterocycles. The molecule has 2 aromatic rings. The predicted molar refractivity (Wildman–Crippen MR) is 89.7 cm³/mol. The normalized spacial score (nSPS) is 12.3. The summed E-state index contributed by atoms with van der Waals surface area (Å²) in [6, 6.07) is 15.1. The van der Waals surface area contributed by atoms with Gasteiger partial charge in [-0.25, -0.2) is 0 Å². The highest BCUT2D eigenvalue weighted by atomic mass is 32.2. The second-order valence-corrected chi connectivity index (χ2v) is 5.96. The van der Waals surface area contributed by atoms with Gasteiger partial charge in [0.1, 0.15) is 0 Å². The molecule has 21 heavy (non-hydrogen) atoms. The smallest absolute Gasteiger partial charge is 0.306 e. The van der Waals surface area contributed by atoms with Crippen LogP contribution >= 0.6 is 11.8 Å². The lowest BCUT2D eigenvalue weighted by Crippen LogP contribution is -2.19. The molecule has 2 aromatic carbocycles. The van der Waals surface area contributed by atoms with E-state index in [9.17, 15) is 4.79 Å². The molecule has 0 amide bonds.